The molecule has 0 radical (unpaired) electrons. The minimum absolute atomic E-state index is 0.0267. The Labute approximate surface area is 124 Å². The van der Waals surface area contributed by atoms with E-state index in [1.54, 1.807) is 23.1 Å². The molecule has 0 aliphatic carbocycles. The summed E-state index contributed by atoms with van der Waals surface area (Å²) in [6, 6.07) is 5.08. The fraction of sp³-hybridized carbons (Fsp3) is 0.467. The number of likely N-dealkylation sites (tertiary alicyclic amines) is 1. The summed E-state index contributed by atoms with van der Waals surface area (Å²) in [6.07, 6.45) is 0.770. The average molecular weight is 291 g/mol. The molecule has 1 fully saturated rings. The smallest absolute Gasteiger partial charge is 0.254 e. The Morgan fingerprint density at radius 3 is 2.86 bits per heavy atom. The zero-order valence-electron chi connectivity index (χ0n) is 12.4. The minimum atomic E-state index is -0.0869. The van der Waals surface area contributed by atoms with Crippen LogP contribution >= 0.6 is 0 Å². The Morgan fingerprint density at radius 1 is 1.43 bits per heavy atom. The number of carbonyl (C=O) groups excluding carboxylic acids is 2. The summed E-state index contributed by atoms with van der Waals surface area (Å²) in [4.78, 5) is 25.3. The molecule has 21 heavy (non-hydrogen) atoms. The van der Waals surface area contributed by atoms with Crippen molar-refractivity contribution in [3.05, 3.63) is 23.8 Å². The number of benzene rings is 1. The Morgan fingerprint density at radius 2 is 2.19 bits per heavy atom. The predicted octanol–water partition coefficient (Wildman–Crippen LogP) is 1.02. The normalized spacial score (nSPS) is 17.6. The first-order chi connectivity index (χ1) is 9.99. The van der Waals surface area contributed by atoms with Gasteiger partial charge in [0.1, 0.15) is 5.75 Å². The second-order valence-corrected chi connectivity index (χ2v) is 5.16. The van der Waals surface area contributed by atoms with E-state index in [0.717, 1.165) is 6.42 Å². The van der Waals surface area contributed by atoms with Crippen molar-refractivity contribution in [2.75, 3.05) is 25.4 Å². The van der Waals surface area contributed by atoms with Crippen LogP contribution in [-0.2, 0) is 4.79 Å². The lowest BCUT2D eigenvalue weighted by atomic mass is 10.1. The van der Waals surface area contributed by atoms with Crippen LogP contribution in [0.1, 0.15) is 30.6 Å². The van der Waals surface area contributed by atoms with Crippen LogP contribution in [0.3, 0.4) is 0 Å². The van der Waals surface area contributed by atoms with Crippen LogP contribution in [0.15, 0.2) is 18.2 Å². The van der Waals surface area contributed by atoms with E-state index in [9.17, 15) is 9.59 Å². The van der Waals surface area contributed by atoms with E-state index >= 15 is 0 Å². The van der Waals surface area contributed by atoms with Gasteiger partial charge in [-0.25, -0.2) is 0 Å². The van der Waals surface area contributed by atoms with Crippen LogP contribution in [0, 0.1) is 0 Å². The SMILES string of the molecule is CCOc1cc(N)cc(C(=O)N2CCC(NC(C)=O)C2)c1. The summed E-state index contributed by atoms with van der Waals surface area (Å²) in [5.74, 6) is 0.437. The summed E-state index contributed by atoms with van der Waals surface area (Å²) in [5, 5.41) is 2.84. The lowest BCUT2D eigenvalue weighted by Gasteiger charge is -2.17. The molecular weight excluding hydrogens is 270 g/mol. The number of nitrogens with one attached hydrogen (secondary N) is 1. The molecule has 0 aromatic heterocycles. The molecule has 1 aromatic carbocycles. The van der Waals surface area contributed by atoms with E-state index in [0.29, 0.717) is 36.7 Å². The number of nitrogen functional groups attached to an aromatic ring is 1. The van der Waals surface area contributed by atoms with Gasteiger partial charge in [0.25, 0.3) is 5.91 Å². The zero-order valence-corrected chi connectivity index (χ0v) is 12.4. The van der Waals surface area contributed by atoms with Gasteiger partial charge in [-0.05, 0) is 25.5 Å². The summed E-state index contributed by atoms with van der Waals surface area (Å²) >= 11 is 0. The van der Waals surface area contributed by atoms with Gasteiger partial charge >= 0.3 is 0 Å². The van der Waals surface area contributed by atoms with Crippen molar-refractivity contribution < 1.29 is 14.3 Å². The topological polar surface area (TPSA) is 84.7 Å². The predicted molar refractivity (Wildman–Crippen MR) is 80.1 cm³/mol. The zero-order chi connectivity index (χ0) is 15.4. The molecule has 3 N–H and O–H groups in total. The van der Waals surface area contributed by atoms with Crippen molar-refractivity contribution in [2.24, 2.45) is 0 Å². The molecule has 1 atom stereocenters. The number of nitrogens with two attached hydrogens (primary N) is 1. The molecule has 6 nitrogen and oxygen atoms in total. The monoisotopic (exact) mass is 291 g/mol. The fourth-order valence-electron chi connectivity index (χ4n) is 2.53. The molecular formula is C15H21N3O3. The van der Waals surface area contributed by atoms with E-state index in [4.69, 9.17) is 10.5 Å². The summed E-state index contributed by atoms with van der Waals surface area (Å²) < 4.78 is 5.41. The molecule has 1 saturated heterocycles. The first-order valence-electron chi connectivity index (χ1n) is 7.09. The number of ether oxygens (including phenoxy) is 1. The first kappa shape index (κ1) is 15.2. The third kappa shape index (κ3) is 3.87. The fourth-order valence-corrected chi connectivity index (χ4v) is 2.53. The highest BCUT2D eigenvalue weighted by atomic mass is 16.5. The number of amides is 2. The summed E-state index contributed by atoms with van der Waals surface area (Å²) in [6.45, 7) is 5.03. The molecule has 2 rings (SSSR count). The van der Waals surface area contributed by atoms with Gasteiger partial charge in [0.05, 0.1) is 6.61 Å². The number of hydrogen-bond acceptors (Lipinski definition) is 4. The maximum absolute atomic E-state index is 12.5. The van der Waals surface area contributed by atoms with Crippen LogP contribution in [0.2, 0.25) is 0 Å². The lowest BCUT2D eigenvalue weighted by Crippen LogP contribution is -2.37. The maximum Gasteiger partial charge on any atom is 0.254 e. The Kier molecular flexibility index (Phi) is 4.67. The quantitative estimate of drug-likeness (QED) is 0.811. The van der Waals surface area contributed by atoms with Crippen molar-refractivity contribution in [1.29, 1.82) is 0 Å². The molecule has 1 heterocycles. The Hall–Kier alpha value is -2.24. The average Bonchev–Trinajstić information content (AvgIpc) is 2.85. The van der Waals surface area contributed by atoms with Crippen molar-refractivity contribution in [3.8, 4) is 5.75 Å². The van der Waals surface area contributed by atoms with Gasteiger partial charge in [0, 0.05) is 43.4 Å². The van der Waals surface area contributed by atoms with Gasteiger partial charge in [-0.2, -0.15) is 0 Å². The van der Waals surface area contributed by atoms with Crippen LogP contribution < -0.4 is 15.8 Å². The van der Waals surface area contributed by atoms with Crippen LogP contribution in [0.5, 0.6) is 5.75 Å². The van der Waals surface area contributed by atoms with Crippen molar-refractivity contribution in [1.82, 2.24) is 10.2 Å². The Bertz CT molecular complexity index is 545. The third-order valence-corrected chi connectivity index (χ3v) is 3.37. The van der Waals surface area contributed by atoms with Crippen LogP contribution in [0.25, 0.3) is 0 Å². The van der Waals surface area contributed by atoms with E-state index in [-0.39, 0.29) is 17.9 Å². The van der Waals surface area contributed by atoms with Crippen molar-refractivity contribution >= 4 is 17.5 Å². The lowest BCUT2D eigenvalue weighted by molar-refractivity contribution is -0.119. The molecule has 1 aliphatic heterocycles. The van der Waals surface area contributed by atoms with Gasteiger partial charge < -0.3 is 20.7 Å². The third-order valence-electron chi connectivity index (χ3n) is 3.37. The largest absolute Gasteiger partial charge is 0.494 e. The highest BCUT2D eigenvalue weighted by Gasteiger charge is 2.27. The molecule has 114 valence electrons. The molecule has 1 aromatic rings. The number of rotatable bonds is 4. The van der Waals surface area contributed by atoms with E-state index in [2.05, 4.69) is 5.32 Å². The standard InChI is InChI=1S/C15H21N3O3/c1-3-21-14-7-11(6-12(16)8-14)15(20)18-5-4-13(9-18)17-10(2)19/h6-8,13H,3-5,9,16H2,1-2H3,(H,17,19). The molecule has 1 unspecified atom stereocenters. The van der Waals surface area contributed by atoms with Gasteiger partial charge in [-0.1, -0.05) is 0 Å². The van der Waals surface area contributed by atoms with Crippen LogP contribution in [-0.4, -0.2) is 42.5 Å². The molecule has 6 heteroatoms. The second-order valence-electron chi connectivity index (χ2n) is 5.16. The summed E-state index contributed by atoms with van der Waals surface area (Å²) in [5.41, 5.74) is 6.83. The number of carbonyl (C=O) groups is 2. The van der Waals surface area contributed by atoms with Crippen molar-refractivity contribution in [3.63, 3.8) is 0 Å². The second kappa shape index (κ2) is 6.47. The highest BCUT2D eigenvalue weighted by Crippen LogP contribution is 2.22. The van der Waals surface area contributed by atoms with Gasteiger partial charge in [0.2, 0.25) is 5.91 Å². The molecule has 0 spiro atoms. The maximum atomic E-state index is 12.5. The van der Waals surface area contributed by atoms with Crippen molar-refractivity contribution in [2.45, 2.75) is 26.3 Å². The minimum Gasteiger partial charge on any atom is -0.494 e. The first-order valence-corrected chi connectivity index (χ1v) is 7.09. The number of nitrogens with zero attached hydrogens (tertiary/aromatic N) is 1. The highest BCUT2D eigenvalue weighted by molar-refractivity contribution is 5.95. The van der Waals surface area contributed by atoms with E-state index in [1.165, 1.54) is 6.92 Å². The van der Waals surface area contributed by atoms with Gasteiger partial charge in [-0.3, -0.25) is 9.59 Å². The molecule has 1 aliphatic rings. The van der Waals surface area contributed by atoms with E-state index < -0.39 is 0 Å². The van der Waals surface area contributed by atoms with Gasteiger partial charge in [0.15, 0.2) is 0 Å². The molecule has 2 amide bonds. The molecule has 0 saturated carbocycles. The van der Waals surface area contributed by atoms with E-state index in [1.807, 2.05) is 6.92 Å². The number of anilines is 1. The molecule has 0 bridgehead atoms. The number of hydrogen-bond donors (Lipinski definition) is 2. The van der Waals surface area contributed by atoms with Gasteiger partial charge in [-0.15, -0.1) is 0 Å². The Balaban J connectivity index is 2.08. The summed E-state index contributed by atoms with van der Waals surface area (Å²) in [7, 11) is 0. The van der Waals surface area contributed by atoms with Crippen LogP contribution in [0.4, 0.5) is 5.69 Å².